The number of hydrogen-bond acceptors (Lipinski definition) is 6. The summed E-state index contributed by atoms with van der Waals surface area (Å²) in [5, 5.41) is 14.9. The van der Waals surface area contributed by atoms with E-state index >= 15 is 0 Å². The molecule has 0 atom stereocenters. The van der Waals surface area contributed by atoms with Crippen molar-refractivity contribution in [3.63, 3.8) is 0 Å². The van der Waals surface area contributed by atoms with Crippen LogP contribution in [-0.2, 0) is 16.6 Å². The van der Waals surface area contributed by atoms with Crippen LogP contribution in [0.2, 0.25) is 0 Å². The summed E-state index contributed by atoms with van der Waals surface area (Å²) in [5.41, 5.74) is 2.45. The SMILES string of the molecule is COC1(COc2cnn(C)c2-c2ccn3nc(NC(=O)C4CC4)cc3c2)CNC1. The minimum absolute atomic E-state index is 0.0495. The lowest BCUT2D eigenvalue weighted by molar-refractivity contribution is -0.117. The van der Waals surface area contributed by atoms with E-state index in [1.165, 1.54) is 0 Å². The Hall–Kier alpha value is -2.91. The average Bonchev–Trinajstić information content (AvgIpc) is 3.36. The summed E-state index contributed by atoms with van der Waals surface area (Å²) < 4.78 is 15.2. The summed E-state index contributed by atoms with van der Waals surface area (Å²) in [6, 6.07) is 5.86. The Bertz CT molecular complexity index is 1060. The van der Waals surface area contributed by atoms with Gasteiger partial charge in [-0.25, -0.2) is 4.52 Å². The highest BCUT2D eigenvalue weighted by atomic mass is 16.5. The molecule has 9 nitrogen and oxygen atoms in total. The molecule has 1 aliphatic carbocycles. The van der Waals surface area contributed by atoms with Crippen molar-refractivity contribution in [1.29, 1.82) is 0 Å². The van der Waals surface area contributed by atoms with E-state index in [9.17, 15) is 4.79 Å². The standard InChI is InChI=1S/C20H24N6O3/c1-25-18(16(9-22-25)29-12-20(28-2)10-21-11-20)14-5-6-26-15(7-14)8-17(24-26)23-19(27)13-3-4-13/h5-9,13,21H,3-4,10-12H2,1-2H3,(H,23,24,27). The molecule has 0 spiro atoms. The van der Waals surface area contributed by atoms with Crippen molar-refractivity contribution < 1.29 is 14.3 Å². The van der Waals surface area contributed by atoms with Gasteiger partial charge in [-0.2, -0.15) is 10.2 Å². The number of pyridine rings is 1. The Morgan fingerprint density at radius 3 is 2.90 bits per heavy atom. The summed E-state index contributed by atoms with van der Waals surface area (Å²) in [6.07, 6.45) is 5.54. The minimum Gasteiger partial charge on any atom is -0.486 e. The van der Waals surface area contributed by atoms with Crippen LogP contribution in [0.3, 0.4) is 0 Å². The number of carbonyl (C=O) groups excluding carboxylic acids is 1. The number of fused-ring (bicyclic) bond motifs is 1. The Morgan fingerprint density at radius 2 is 2.21 bits per heavy atom. The Balaban J connectivity index is 1.39. The maximum atomic E-state index is 12.0. The normalized spacial score (nSPS) is 17.9. The van der Waals surface area contributed by atoms with Crippen molar-refractivity contribution in [3.8, 4) is 17.0 Å². The van der Waals surface area contributed by atoms with Gasteiger partial charge in [0.15, 0.2) is 11.6 Å². The van der Waals surface area contributed by atoms with E-state index in [0.29, 0.717) is 18.2 Å². The van der Waals surface area contributed by atoms with Crippen LogP contribution < -0.4 is 15.4 Å². The molecule has 1 amide bonds. The van der Waals surface area contributed by atoms with E-state index in [1.807, 2.05) is 31.4 Å². The summed E-state index contributed by atoms with van der Waals surface area (Å²) >= 11 is 0. The first kappa shape index (κ1) is 18.1. The fraction of sp³-hybridized carbons (Fsp3) is 0.450. The largest absolute Gasteiger partial charge is 0.486 e. The van der Waals surface area contributed by atoms with Crippen LogP contribution in [0.5, 0.6) is 5.75 Å². The van der Waals surface area contributed by atoms with Gasteiger partial charge >= 0.3 is 0 Å². The highest BCUT2D eigenvalue weighted by Crippen LogP contribution is 2.32. The van der Waals surface area contributed by atoms with Crippen molar-refractivity contribution in [2.75, 3.05) is 32.1 Å². The molecule has 29 heavy (non-hydrogen) atoms. The van der Waals surface area contributed by atoms with Gasteiger partial charge in [0, 0.05) is 51.0 Å². The van der Waals surface area contributed by atoms with E-state index in [4.69, 9.17) is 9.47 Å². The van der Waals surface area contributed by atoms with Gasteiger partial charge in [-0.1, -0.05) is 0 Å². The zero-order valence-electron chi connectivity index (χ0n) is 16.5. The molecule has 1 saturated heterocycles. The molecule has 5 rings (SSSR count). The number of methoxy groups -OCH3 is 1. The number of carbonyl (C=O) groups is 1. The molecule has 0 unspecified atom stereocenters. The van der Waals surface area contributed by atoms with Gasteiger partial charge in [-0.3, -0.25) is 9.48 Å². The second kappa shape index (κ2) is 6.85. The maximum Gasteiger partial charge on any atom is 0.228 e. The Kier molecular flexibility index (Phi) is 4.29. The molecular weight excluding hydrogens is 372 g/mol. The number of nitrogens with one attached hydrogen (secondary N) is 2. The number of aromatic nitrogens is 4. The summed E-state index contributed by atoms with van der Waals surface area (Å²) in [4.78, 5) is 12.0. The predicted octanol–water partition coefficient (Wildman–Crippen LogP) is 1.45. The molecule has 3 aromatic rings. The summed E-state index contributed by atoms with van der Waals surface area (Å²) in [6.45, 7) is 2.01. The summed E-state index contributed by atoms with van der Waals surface area (Å²) in [7, 11) is 3.60. The van der Waals surface area contributed by atoms with Crippen molar-refractivity contribution in [1.82, 2.24) is 24.7 Å². The first-order chi connectivity index (χ1) is 14.1. The smallest absolute Gasteiger partial charge is 0.228 e. The van der Waals surface area contributed by atoms with Gasteiger partial charge in [-0.15, -0.1) is 0 Å². The highest BCUT2D eigenvalue weighted by molar-refractivity contribution is 5.93. The van der Waals surface area contributed by atoms with Gasteiger partial charge in [0.1, 0.15) is 17.9 Å². The number of rotatable bonds is 7. The summed E-state index contributed by atoms with van der Waals surface area (Å²) in [5.74, 6) is 1.47. The second-order valence-electron chi connectivity index (χ2n) is 7.84. The molecule has 1 saturated carbocycles. The third kappa shape index (κ3) is 3.36. The Labute approximate surface area is 168 Å². The number of nitrogens with zero attached hydrogens (tertiary/aromatic N) is 4. The maximum absolute atomic E-state index is 12.0. The van der Waals surface area contributed by atoms with Crippen molar-refractivity contribution in [2.45, 2.75) is 18.4 Å². The van der Waals surface area contributed by atoms with Crippen molar-refractivity contribution >= 4 is 17.2 Å². The van der Waals surface area contributed by atoms with E-state index in [-0.39, 0.29) is 17.4 Å². The molecule has 9 heteroatoms. The molecule has 152 valence electrons. The number of ether oxygens (including phenoxy) is 2. The molecule has 0 bridgehead atoms. The molecular formula is C20H24N6O3. The van der Waals surface area contributed by atoms with Gasteiger partial charge in [-0.05, 0) is 25.0 Å². The van der Waals surface area contributed by atoms with Gasteiger partial charge < -0.3 is 20.1 Å². The third-order valence-electron chi connectivity index (χ3n) is 5.66. The molecule has 3 aromatic heterocycles. The molecule has 1 aliphatic heterocycles. The fourth-order valence-electron chi connectivity index (χ4n) is 3.55. The van der Waals surface area contributed by atoms with Crippen LogP contribution in [0.25, 0.3) is 16.8 Å². The third-order valence-corrected chi connectivity index (χ3v) is 5.66. The van der Waals surface area contributed by atoms with Crippen LogP contribution in [-0.4, -0.2) is 57.7 Å². The number of anilines is 1. The number of hydrogen-bond donors (Lipinski definition) is 2. The monoisotopic (exact) mass is 396 g/mol. The highest BCUT2D eigenvalue weighted by Gasteiger charge is 2.38. The van der Waals surface area contributed by atoms with E-state index in [0.717, 1.165) is 42.7 Å². The fourth-order valence-corrected chi connectivity index (χ4v) is 3.55. The van der Waals surface area contributed by atoms with Crippen LogP contribution in [0.4, 0.5) is 5.82 Å². The quantitative estimate of drug-likeness (QED) is 0.628. The van der Waals surface area contributed by atoms with Crippen LogP contribution in [0.15, 0.2) is 30.6 Å². The van der Waals surface area contributed by atoms with E-state index < -0.39 is 0 Å². The average molecular weight is 396 g/mol. The van der Waals surface area contributed by atoms with Crippen molar-refractivity contribution in [3.05, 3.63) is 30.6 Å². The van der Waals surface area contributed by atoms with E-state index in [2.05, 4.69) is 20.8 Å². The van der Waals surface area contributed by atoms with Crippen LogP contribution in [0.1, 0.15) is 12.8 Å². The second-order valence-corrected chi connectivity index (χ2v) is 7.84. The zero-order valence-corrected chi connectivity index (χ0v) is 16.5. The van der Waals surface area contributed by atoms with Crippen LogP contribution in [0, 0.1) is 5.92 Å². The molecule has 2 N–H and O–H groups in total. The Morgan fingerprint density at radius 1 is 1.38 bits per heavy atom. The van der Waals surface area contributed by atoms with Gasteiger partial charge in [0.2, 0.25) is 5.91 Å². The zero-order chi connectivity index (χ0) is 20.0. The van der Waals surface area contributed by atoms with Crippen LogP contribution >= 0.6 is 0 Å². The lowest BCUT2D eigenvalue weighted by atomic mass is 9.98. The lowest BCUT2D eigenvalue weighted by Gasteiger charge is -2.40. The molecule has 4 heterocycles. The molecule has 0 aromatic carbocycles. The molecule has 0 radical (unpaired) electrons. The topological polar surface area (TPSA) is 94.7 Å². The van der Waals surface area contributed by atoms with Crippen molar-refractivity contribution in [2.24, 2.45) is 13.0 Å². The van der Waals surface area contributed by atoms with Gasteiger partial charge in [0.05, 0.1) is 11.7 Å². The molecule has 2 aliphatic rings. The first-order valence-corrected chi connectivity index (χ1v) is 9.78. The predicted molar refractivity (Wildman–Crippen MR) is 107 cm³/mol. The minimum atomic E-state index is -0.281. The first-order valence-electron chi connectivity index (χ1n) is 9.78. The van der Waals surface area contributed by atoms with E-state index in [1.54, 1.807) is 22.5 Å². The number of amides is 1. The molecule has 2 fully saturated rings. The number of aryl methyl sites for hydroxylation is 1. The van der Waals surface area contributed by atoms with Gasteiger partial charge in [0.25, 0.3) is 0 Å². The lowest BCUT2D eigenvalue weighted by Crippen LogP contribution is -2.63.